The number of nitrogens with one attached hydrogen (secondary N) is 1. The van der Waals surface area contributed by atoms with Crippen LogP contribution in [-0.4, -0.2) is 89.8 Å². The molecule has 3 rings (SSSR count). The van der Waals surface area contributed by atoms with Gasteiger partial charge in [0, 0.05) is 57.0 Å². The number of hydrogen-bond acceptors (Lipinski definition) is 6. The van der Waals surface area contributed by atoms with Gasteiger partial charge in [-0.15, -0.1) is 0 Å². The quantitative estimate of drug-likeness (QED) is 0.426. The average Bonchev–Trinajstić information content (AvgIpc) is 3.36. The summed E-state index contributed by atoms with van der Waals surface area (Å²) in [6.07, 6.45) is 4.51. The first-order valence-electron chi connectivity index (χ1n) is 12.2. The highest BCUT2D eigenvalue weighted by Gasteiger charge is 2.37. The summed E-state index contributed by atoms with van der Waals surface area (Å²) in [5.41, 5.74) is 0.429. The fourth-order valence-corrected chi connectivity index (χ4v) is 5.04. The maximum Gasteiger partial charge on any atom is 0.269 e. The van der Waals surface area contributed by atoms with Gasteiger partial charge in [-0.3, -0.25) is 24.6 Å². The van der Waals surface area contributed by atoms with E-state index in [9.17, 15) is 19.7 Å². The predicted octanol–water partition coefficient (Wildman–Crippen LogP) is 2.37. The lowest BCUT2D eigenvalue weighted by Crippen LogP contribution is -2.58. The van der Waals surface area contributed by atoms with Crippen molar-refractivity contribution in [2.45, 2.75) is 45.6 Å². The molecule has 1 aromatic rings. The average molecular weight is 460 g/mol. The van der Waals surface area contributed by atoms with Crippen LogP contribution in [0.15, 0.2) is 24.3 Å². The van der Waals surface area contributed by atoms with Crippen molar-refractivity contribution in [1.82, 2.24) is 20.0 Å². The predicted molar refractivity (Wildman–Crippen MR) is 127 cm³/mol. The Bertz CT molecular complexity index is 798. The lowest BCUT2D eigenvalue weighted by molar-refractivity contribution is -0.384. The highest BCUT2D eigenvalue weighted by atomic mass is 16.6. The standard InChI is InChI=1S/C24H37N5O4/c1-3-26(4-2)14-13-25-23(30)22(19-7-5-6-8-19)27-15-17-28(18-16-27)24(31)20-9-11-21(12-10-20)29(32)33/h9-12,19,22H,3-8,13-18H2,1-2H3,(H,25,30). The number of likely N-dealkylation sites (N-methyl/N-ethyl adjacent to an activating group) is 1. The molecular weight excluding hydrogens is 422 g/mol. The molecule has 2 amide bonds. The molecule has 0 aromatic heterocycles. The summed E-state index contributed by atoms with van der Waals surface area (Å²) in [6, 6.07) is 5.61. The van der Waals surface area contributed by atoms with Gasteiger partial charge in [-0.05, 0) is 44.0 Å². The monoisotopic (exact) mass is 459 g/mol. The Hall–Kier alpha value is -2.52. The molecule has 0 bridgehead atoms. The normalized spacial score (nSPS) is 18.5. The third-order valence-corrected chi connectivity index (χ3v) is 7.06. The Morgan fingerprint density at radius 3 is 2.24 bits per heavy atom. The minimum Gasteiger partial charge on any atom is -0.353 e. The minimum absolute atomic E-state index is 0.0252. The van der Waals surface area contributed by atoms with Gasteiger partial charge in [0.2, 0.25) is 5.91 Å². The number of nitro benzene ring substituents is 1. The van der Waals surface area contributed by atoms with Crippen molar-refractivity contribution < 1.29 is 14.5 Å². The third kappa shape index (κ3) is 6.51. The molecule has 1 atom stereocenters. The van der Waals surface area contributed by atoms with Gasteiger partial charge in [-0.1, -0.05) is 26.7 Å². The molecule has 1 aromatic carbocycles. The molecule has 1 aliphatic heterocycles. The van der Waals surface area contributed by atoms with E-state index in [0.29, 0.717) is 44.2 Å². The second-order valence-corrected chi connectivity index (χ2v) is 8.94. The van der Waals surface area contributed by atoms with E-state index in [4.69, 9.17) is 0 Å². The number of nitro groups is 1. The van der Waals surface area contributed by atoms with Crippen molar-refractivity contribution in [2.75, 3.05) is 52.4 Å². The van der Waals surface area contributed by atoms with E-state index in [1.165, 1.54) is 37.1 Å². The highest BCUT2D eigenvalue weighted by Crippen LogP contribution is 2.31. The maximum atomic E-state index is 13.2. The lowest BCUT2D eigenvalue weighted by Gasteiger charge is -2.40. The molecule has 1 saturated heterocycles. The molecule has 33 heavy (non-hydrogen) atoms. The highest BCUT2D eigenvalue weighted by molar-refractivity contribution is 5.94. The summed E-state index contributed by atoms with van der Waals surface area (Å²) in [5, 5.41) is 14.0. The second-order valence-electron chi connectivity index (χ2n) is 8.94. The molecule has 2 fully saturated rings. The van der Waals surface area contributed by atoms with Crippen LogP contribution in [0.3, 0.4) is 0 Å². The summed E-state index contributed by atoms with van der Waals surface area (Å²) in [7, 11) is 0. The zero-order valence-corrected chi connectivity index (χ0v) is 19.9. The van der Waals surface area contributed by atoms with Crippen molar-refractivity contribution in [3.63, 3.8) is 0 Å². The smallest absolute Gasteiger partial charge is 0.269 e. The largest absolute Gasteiger partial charge is 0.353 e. The lowest BCUT2D eigenvalue weighted by atomic mass is 9.95. The molecule has 9 nitrogen and oxygen atoms in total. The van der Waals surface area contributed by atoms with Crippen LogP contribution in [0.4, 0.5) is 5.69 Å². The van der Waals surface area contributed by atoms with Crippen LogP contribution in [0, 0.1) is 16.0 Å². The van der Waals surface area contributed by atoms with Crippen LogP contribution >= 0.6 is 0 Å². The van der Waals surface area contributed by atoms with Gasteiger partial charge >= 0.3 is 0 Å². The fourth-order valence-electron chi connectivity index (χ4n) is 5.04. The van der Waals surface area contributed by atoms with Crippen molar-refractivity contribution >= 4 is 17.5 Å². The molecule has 1 heterocycles. The van der Waals surface area contributed by atoms with Gasteiger partial charge in [0.25, 0.3) is 11.6 Å². The molecule has 1 saturated carbocycles. The van der Waals surface area contributed by atoms with E-state index in [2.05, 4.69) is 29.0 Å². The van der Waals surface area contributed by atoms with Gasteiger partial charge in [0.15, 0.2) is 0 Å². The van der Waals surface area contributed by atoms with Crippen LogP contribution in [-0.2, 0) is 4.79 Å². The molecule has 182 valence electrons. The number of benzene rings is 1. The van der Waals surface area contributed by atoms with Gasteiger partial charge in [-0.2, -0.15) is 0 Å². The van der Waals surface area contributed by atoms with E-state index < -0.39 is 4.92 Å². The Balaban J connectivity index is 1.58. The number of carbonyl (C=O) groups excluding carboxylic acids is 2. The van der Waals surface area contributed by atoms with E-state index in [1.807, 2.05) is 0 Å². The molecule has 0 radical (unpaired) electrons. The Kier molecular flexibility index (Phi) is 9.20. The Labute approximate surface area is 196 Å². The maximum absolute atomic E-state index is 13.2. The zero-order valence-electron chi connectivity index (χ0n) is 19.9. The van der Waals surface area contributed by atoms with Crippen molar-refractivity contribution in [1.29, 1.82) is 0 Å². The topological polar surface area (TPSA) is 99.0 Å². The summed E-state index contributed by atoms with van der Waals surface area (Å²) in [6.45, 7) is 10.1. The SMILES string of the molecule is CCN(CC)CCNC(=O)C(C1CCCC1)N1CCN(C(=O)c2ccc([N+](=O)[O-])cc2)CC1. The van der Waals surface area contributed by atoms with Crippen LogP contribution in [0.2, 0.25) is 0 Å². The Morgan fingerprint density at radius 2 is 1.70 bits per heavy atom. The first kappa shape index (κ1) is 25.1. The summed E-state index contributed by atoms with van der Waals surface area (Å²) in [5.74, 6) is 0.366. The van der Waals surface area contributed by atoms with E-state index in [1.54, 1.807) is 4.90 Å². The van der Waals surface area contributed by atoms with E-state index in [0.717, 1.165) is 32.5 Å². The molecular formula is C24H37N5O4. The van der Waals surface area contributed by atoms with Crippen LogP contribution in [0.25, 0.3) is 0 Å². The number of nitrogens with zero attached hydrogens (tertiary/aromatic N) is 4. The molecule has 1 N–H and O–H groups in total. The minimum atomic E-state index is -0.469. The second kappa shape index (κ2) is 12.1. The van der Waals surface area contributed by atoms with Crippen LogP contribution in [0.1, 0.15) is 49.9 Å². The summed E-state index contributed by atoms with van der Waals surface area (Å²) < 4.78 is 0. The first-order chi connectivity index (χ1) is 15.9. The van der Waals surface area contributed by atoms with Gasteiger partial charge in [-0.25, -0.2) is 0 Å². The number of rotatable bonds is 10. The summed E-state index contributed by atoms with van der Waals surface area (Å²) >= 11 is 0. The fraction of sp³-hybridized carbons (Fsp3) is 0.667. The molecule has 1 aliphatic carbocycles. The van der Waals surface area contributed by atoms with Crippen LogP contribution < -0.4 is 5.32 Å². The number of amides is 2. The van der Waals surface area contributed by atoms with Crippen molar-refractivity contribution in [2.24, 2.45) is 5.92 Å². The van der Waals surface area contributed by atoms with Crippen molar-refractivity contribution in [3.8, 4) is 0 Å². The first-order valence-corrected chi connectivity index (χ1v) is 12.2. The number of non-ortho nitro benzene ring substituents is 1. The van der Waals surface area contributed by atoms with Gasteiger partial charge in [0.05, 0.1) is 11.0 Å². The molecule has 9 heteroatoms. The number of hydrogen-bond donors (Lipinski definition) is 1. The van der Waals surface area contributed by atoms with E-state index >= 15 is 0 Å². The van der Waals surface area contributed by atoms with Gasteiger partial charge in [0.1, 0.15) is 0 Å². The number of piperazine rings is 1. The van der Waals surface area contributed by atoms with E-state index in [-0.39, 0.29) is 23.5 Å². The van der Waals surface area contributed by atoms with Crippen LogP contribution in [0.5, 0.6) is 0 Å². The Morgan fingerprint density at radius 1 is 1.09 bits per heavy atom. The molecule has 2 aliphatic rings. The van der Waals surface area contributed by atoms with Gasteiger partial charge < -0.3 is 15.1 Å². The third-order valence-electron chi connectivity index (χ3n) is 7.06. The molecule has 1 unspecified atom stereocenters. The van der Waals surface area contributed by atoms with Crippen molar-refractivity contribution in [3.05, 3.63) is 39.9 Å². The summed E-state index contributed by atoms with van der Waals surface area (Å²) in [4.78, 5) is 42.8. The zero-order chi connectivity index (χ0) is 23.8. The number of carbonyl (C=O) groups is 2. The molecule has 0 spiro atoms.